The van der Waals surface area contributed by atoms with Gasteiger partial charge in [-0.2, -0.15) is 13.2 Å². The fourth-order valence-corrected chi connectivity index (χ4v) is 3.54. The van der Waals surface area contributed by atoms with Gasteiger partial charge < -0.3 is 11.1 Å². The normalized spacial score (nSPS) is 35.0. The van der Waals surface area contributed by atoms with Gasteiger partial charge in [0.15, 0.2) is 0 Å². The summed E-state index contributed by atoms with van der Waals surface area (Å²) in [6.07, 6.45) is 1.79. The van der Waals surface area contributed by atoms with Crippen LogP contribution in [-0.2, 0) is 4.79 Å². The maximum absolute atomic E-state index is 12.6. The van der Waals surface area contributed by atoms with Crippen molar-refractivity contribution in [1.82, 2.24) is 5.32 Å². The first kappa shape index (κ1) is 16.6. The van der Waals surface area contributed by atoms with Gasteiger partial charge in [0, 0.05) is 12.1 Å². The molecule has 21 heavy (non-hydrogen) atoms. The van der Waals surface area contributed by atoms with Crippen LogP contribution in [0.15, 0.2) is 0 Å². The van der Waals surface area contributed by atoms with Crippen LogP contribution >= 0.6 is 0 Å². The van der Waals surface area contributed by atoms with E-state index in [2.05, 4.69) is 5.32 Å². The van der Waals surface area contributed by atoms with Crippen LogP contribution in [-0.4, -0.2) is 24.2 Å². The third-order valence-corrected chi connectivity index (χ3v) is 4.94. The van der Waals surface area contributed by atoms with Crippen molar-refractivity contribution in [1.29, 1.82) is 0 Å². The summed E-state index contributed by atoms with van der Waals surface area (Å²) in [5, 5.41) is 2.93. The number of hydrogen-bond acceptors (Lipinski definition) is 2. The Hall–Kier alpha value is -0.780. The maximum Gasteiger partial charge on any atom is 0.391 e. The molecule has 0 radical (unpaired) electrons. The fourth-order valence-electron chi connectivity index (χ4n) is 3.54. The highest BCUT2D eigenvalue weighted by Gasteiger charge is 2.41. The second-order valence-corrected chi connectivity index (χ2v) is 6.51. The molecule has 2 rings (SSSR count). The monoisotopic (exact) mass is 306 g/mol. The number of nitrogens with two attached hydrogens (primary N) is 1. The molecular weight excluding hydrogens is 281 g/mol. The summed E-state index contributed by atoms with van der Waals surface area (Å²) in [6.45, 7) is 0. The van der Waals surface area contributed by atoms with Crippen LogP contribution in [0.1, 0.15) is 57.8 Å². The van der Waals surface area contributed by atoms with E-state index in [0.29, 0.717) is 12.8 Å². The van der Waals surface area contributed by atoms with Crippen molar-refractivity contribution in [2.24, 2.45) is 17.6 Å². The minimum absolute atomic E-state index is 0.0557. The van der Waals surface area contributed by atoms with Crippen molar-refractivity contribution >= 4 is 5.91 Å². The molecule has 0 aromatic carbocycles. The molecule has 0 saturated heterocycles. The number of halogens is 3. The van der Waals surface area contributed by atoms with Gasteiger partial charge in [-0.3, -0.25) is 4.79 Å². The van der Waals surface area contributed by atoms with E-state index in [4.69, 9.17) is 5.73 Å². The molecule has 0 heterocycles. The molecule has 122 valence electrons. The topological polar surface area (TPSA) is 55.1 Å². The number of hydrogen-bond donors (Lipinski definition) is 2. The minimum Gasteiger partial charge on any atom is -0.353 e. The molecule has 1 amide bonds. The van der Waals surface area contributed by atoms with Gasteiger partial charge in [-0.05, 0) is 38.5 Å². The summed E-state index contributed by atoms with van der Waals surface area (Å²) in [7, 11) is 0. The number of carbonyl (C=O) groups excluding carboxylic acids is 1. The smallest absolute Gasteiger partial charge is 0.353 e. The molecule has 2 atom stereocenters. The van der Waals surface area contributed by atoms with Crippen LogP contribution < -0.4 is 11.1 Å². The molecule has 2 unspecified atom stereocenters. The van der Waals surface area contributed by atoms with Gasteiger partial charge in [0.25, 0.3) is 0 Å². The summed E-state index contributed by atoms with van der Waals surface area (Å²) in [4.78, 5) is 12.3. The van der Waals surface area contributed by atoms with Crippen molar-refractivity contribution < 1.29 is 18.0 Å². The lowest BCUT2D eigenvalue weighted by atomic mass is 9.85. The molecule has 3 nitrogen and oxygen atoms in total. The van der Waals surface area contributed by atoms with Crippen LogP contribution in [0.4, 0.5) is 13.2 Å². The maximum atomic E-state index is 12.6. The Morgan fingerprint density at radius 3 is 2.19 bits per heavy atom. The highest BCUT2D eigenvalue weighted by atomic mass is 19.4. The lowest BCUT2D eigenvalue weighted by molar-refractivity contribution is -0.182. The Morgan fingerprint density at radius 2 is 1.57 bits per heavy atom. The minimum atomic E-state index is -4.10. The van der Waals surface area contributed by atoms with Gasteiger partial charge >= 0.3 is 6.18 Å². The standard InChI is InChI=1S/C15H25F3N2O/c16-15(17,18)10-6-8-11(9-7-10)20-14(21)12-4-2-1-3-5-13(12)19/h10-13H,1-9,19H2,(H,20,21). The zero-order chi connectivity index (χ0) is 15.5. The largest absolute Gasteiger partial charge is 0.391 e. The third kappa shape index (κ3) is 4.59. The number of rotatable bonds is 2. The molecule has 2 aliphatic rings. The second kappa shape index (κ2) is 6.99. The van der Waals surface area contributed by atoms with Crippen LogP contribution in [0.2, 0.25) is 0 Å². The summed E-state index contributed by atoms with van der Waals surface area (Å²) in [5.74, 6) is -1.43. The molecule has 0 aliphatic heterocycles. The zero-order valence-electron chi connectivity index (χ0n) is 12.3. The third-order valence-electron chi connectivity index (χ3n) is 4.94. The summed E-state index contributed by atoms with van der Waals surface area (Å²) in [6, 6.07) is -0.231. The average molecular weight is 306 g/mol. The van der Waals surface area contributed by atoms with Crippen molar-refractivity contribution in [2.45, 2.75) is 76.0 Å². The Kier molecular flexibility index (Phi) is 5.52. The van der Waals surface area contributed by atoms with E-state index >= 15 is 0 Å². The molecule has 0 bridgehead atoms. The second-order valence-electron chi connectivity index (χ2n) is 6.51. The summed E-state index contributed by atoms with van der Waals surface area (Å²) in [5.41, 5.74) is 6.05. The zero-order valence-corrected chi connectivity index (χ0v) is 12.3. The highest BCUT2D eigenvalue weighted by molar-refractivity contribution is 5.79. The molecule has 2 aliphatic carbocycles. The van der Waals surface area contributed by atoms with Gasteiger partial charge in [-0.25, -0.2) is 0 Å². The molecular formula is C15H25F3N2O. The average Bonchev–Trinajstić information content (AvgIpc) is 2.63. The first-order valence-electron chi connectivity index (χ1n) is 8.00. The summed E-state index contributed by atoms with van der Waals surface area (Å²) < 4.78 is 37.8. The van der Waals surface area contributed by atoms with Gasteiger partial charge in [0.1, 0.15) is 0 Å². The molecule has 0 aromatic rings. The van der Waals surface area contributed by atoms with E-state index in [1.807, 2.05) is 0 Å². The molecule has 6 heteroatoms. The van der Waals surface area contributed by atoms with E-state index < -0.39 is 12.1 Å². The quantitative estimate of drug-likeness (QED) is 0.770. The lowest BCUT2D eigenvalue weighted by Gasteiger charge is -2.31. The Labute approximate surface area is 123 Å². The molecule has 0 aromatic heterocycles. The predicted molar refractivity (Wildman–Crippen MR) is 74.5 cm³/mol. The number of nitrogens with one attached hydrogen (secondary N) is 1. The van der Waals surface area contributed by atoms with Gasteiger partial charge in [-0.15, -0.1) is 0 Å². The Morgan fingerprint density at radius 1 is 0.952 bits per heavy atom. The fraction of sp³-hybridized carbons (Fsp3) is 0.933. The van der Waals surface area contributed by atoms with Crippen LogP contribution in [0.3, 0.4) is 0 Å². The van der Waals surface area contributed by atoms with Gasteiger partial charge in [-0.1, -0.05) is 19.3 Å². The molecule has 0 spiro atoms. The SMILES string of the molecule is NC1CCCCCC1C(=O)NC1CCC(C(F)(F)F)CC1. The highest BCUT2D eigenvalue weighted by Crippen LogP contribution is 2.37. The van der Waals surface area contributed by atoms with Crippen molar-refractivity contribution in [3.63, 3.8) is 0 Å². The lowest BCUT2D eigenvalue weighted by Crippen LogP contribution is -2.46. The van der Waals surface area contributed by atoms with Crippen LogP contribution in [0.5, 0.6) is 0 Å². The van der Waals surface area contributed by atoms with E-state index in [1.54, 1.807) is 0 Å². The van der Waals surface area contributed by atoms with Gasteiger partial charge in [0.05, 0.1) is 11.8 Å². The number of amides is 1. The van der Waals surface area contributed by atoms with Gasteiger partial charge in [0.2, 0.25) is 5.91 Å². The van der Waals surface area contributed by atoms with Crippen molar-refractivity contribution in [2.75, 3.05) is 0 Å². The first-order valence-corrected chi connectivity index (χ1v) is 8.00. The predicted octanol–water partition coefficient (Wildman–Crippen LogP) is 3.13. The van der Waals surface area contributed by atoms with Crippen molar-refractivity contribution in [3.05, 3.63) is 0 Å². The Balaban J connectivity index is 1.81. The Bertz CT molecular complexity index is 351. The first-order chi connectivity index (χ1) is 9.88. The number of alkyl halides is 3. The van der Waals surface area contributed by atoms with Crippen LogP contribution in [0, 0.1) is 11.8 Å². The molecule has 2 fully saturated rings. The van der Waals surface area contributed by atoms with Crippen LogP contribution in [0.25, 0.3) is 0 Å². The van der Waals surface area contributed by atoms with Crippen molar-refractivity contribution in [3.8, 4) is 0 Å². The molecule has 3 N–H and O–H groups in total. The van der Waals surface area contributed by atoms with E-state index in [1.165, 1.54) is 0 Å². The van der Waals surface area contributed by atoms with E-state index in [9.17, 15) is 18.0 Å². The van der Waals surface area contributed by atoms with E-state index in [0.717, 1.165) is 32.1 Å². The van der Waals surface area contributed by atoms with E-state index in [-0.39, 0.29) is 36.8 Å². The summed E-state index contributed by atoms with van der Waals surface area (Å²) >= 11 is 0. The molecule has 2 saturated carbocycles. The number of carbonyl (C=O) groups is 1.